The lowest BCUT2D eigenvalue weighted by molar-refractivity contribution is 0.0967. The number of aliphatic hydroxyl groups excluding tert-OH is 1. The first-order valence-corrected chi connectivity index (χ1v) is 7.83. The molecule has 0 spiro atoms. The molecule has 1 aromatic heterocycles. The smallest absolute Gasteiger partial charge is 0.258 e. The second-order valence-electron chi connectivity index (χ2n) is 6.43. The Labute approximate surface area is 125 Å². The molecular weight excluding hydrogens is 262 g/mol. The van der Waals surface area contributed by atoms with E-state index >= 15 is 0 Å². The summed E-state index contributed by atoms with van der Waals surface area (Å²) in [6, 6.07) is 8.26. The Bertz CT molecular complexity index is 694. The van der Waals surface area contributed by atoms with Crippen molar-refractivity contribution in [3.05, 3.63) is 46.4 Å². The highest BCUT2D eigenvalue weighted by atomic mass is 16.3. The minimum Gasteiger partial charge on any atom is -0.393 e. The van der Waals surface area contributed by atoms with Gasteiger partial charge in [-0.15, -0.1) is 0 Å². The molecule has 1 saturated carbocycles. The number of rotatable bonds is 2. The van der Waals surface area contributed by atoms with E-state index in [1.807, 2.05) is 25.3 Å². The number of aryl methyl sites for hydroxylation is 1. The Hall–Kier alpha value is -1.61. The SMILES string of the molecule is CC(O)C1CCC(c2ccc3c(=O)n(C)ccc3c2)CC1. The second-order valence-corrected chi connectivity index (χ2v) is 6.43. The van der Waals surface area contributed by atoms with Crippen LogP contribution < -0.4 is 5.56 Å². The summed E-state index contributed by atoms with van der Waals surface area (Å²) >= 11 is 0. The zero-order valence-corrected chi connectivity index (χ0v) is 12.7. The lowest BCUT2D eigenvalue weighted by Crippen LogP contribution is -2.22. The highest BCUT2D eigenvalue weighted by molar-refractivity contribution is 5.82. The van der Waals surface area contributed by atoms with E-state index in [4.69, 9.17) is 0 Å². The number of nitrogens with zero attached hydrogens (tertiary/aromatic N) is 1. The van der Waals surface area contributed by atoms with Crippen LogP contribution in [0.5, 0.6) is 0 Å². The molecule has 2 aromatic rings. The van der Waals surface area contributed by atoms with Gasteiger partial charge in [0.25, 0.3) is 5.56 Å². The lowest BCUT2D eigenvalue weighted by Gasteiger charge is -2.30. The van der Waals surface area contributed by atoms with Crippen molar-refractivity contribution >= 4 is 10.8 Å². The van der Waals surface area contributed by atoms with E-state index in [2.05, 4.69) is 12.1 Å². The number of hydrogen-bond donors (Lipinski definition) is 1. The van der Waals surface area contributed by atoms with Crippen LogP contribution in [0.2, 0.25) is 0 Å². The van der Waals surface area contributed by atoms with Crippen LogP contribution >= 0.6 is 0 Å². The Kier molecular flexibility index (Phi) is 3.85. The van der Waals surface area contributed by atoms with Gasteiger partial charge >= 0.3 is 0 Å². The van der Waals surface area contributed by atoms with Crippen molar-refractivity contribution in [1.82, 2.24) is 4.57 Å². The third-order valence-corrected chi connectivity index (χ3v) is 5.03. The highest BCUT2D eigenvalue weighted by Gasteiger charge is 2.25. The molecule has 1 aliphatic rings. The van der Waals surface area contributed by atoms with Gasteiger partial charge in [0.15, 0.2) is 0 Å². The van der Waals surface area contributed by atoms with E-state index in [1.54, 1.807) is 11.6 Å². The fraction of sp³-hybridized carbons (Fsp3) is 0.500. The number of pyridine rings is 1. The van der Waals surface area contributed by atoms with Crippen molar-refractivity contribution in [1.29, 1.82) is 0 Å². The number of benzene rings is 1. The summed E-state index contributed by atoms with van der Waals surface area (Å²) in [6.07, 6.45) is 6.09. The Morgan fingerprint density at radius 3 is 2.57 bits per heavy atom. The molecule has 1 unspecified atom stereocenters. The molecular formula is C18H23NO2. The quantitative estimate of drug-likeness (QED) is 0.920. The standard InChI is InChI=1S/C18H23NO2/c1-12(20)13-3-5-14(6-4-13)15-7-8-17-16(11-15)9-10-19(2)18(17)21/h7-14,20H,3-6H2,1-2H3. The van der Waals surface area contributed by atoms with Crippen LogP contribution in [-0.2, 0) is 7.05 Å². The minimum atomic E-state index is -0.189. The van der Waals surface area contributed by atoms with Gasteiger partial charge in [-0.2, -0.15) is 0 Å². The minimum absolute atomic E-state index is 0.0665. The van der Waals surface area contributed by atoms with E-state index in [9.17, 15) is 9.90 Å². The van der Waals surface area contributed by atoms with Crippen LogP contribution in [-0.4, -0.2) is 15.8 Å². The number of aliphatic hydroxyl groups is 1. The summed E-state index contributed by atoms with van der Waals surface area (Å²) in [4.78, 5) is 12.1. The fourth-order valence-corrected chi connectivity index (χ4v) is 3.55. The van der Waals surface area contributed by atoms with E-state index in [0.29, 0.717) is 11.8 Å². The monoisotopic (exact) mass is 285 g/mol. The van der Waals surface area contributed by atoms with E-state index < -0.39 is 0 Å². The third kappa shape index (κ3) is 2.75. The molecule has 0 saturated heterocycles. The van der Waals surface area contributed by atoms with E-state index in [1.165, 1.54) is 5.56 Å². The van der Waals surface area contributed by atoms with Crippen molar-refractivity contribution in [2.24, 2.45) is 13.0 Å². The molecule has 3 nitrogen and oxygen atoms in total. The first kappa shape index (κ1) is 14.3. The van der Waals surface area contributed by atoms with Crippen LogP contribution in [0.25, 0.3) is 10.8 Å². The van der Waals surface area contributed by atoms with Crippen LogP contribution in [0.1, 0.15) is 44.1 Å². The Balaban J connectivity index is 1.86. The summed E-state index contributed by atoms with van der Waals surface area (Å²) in [6.45, 7) is 1.90. The predicted molar refractivity (Wildman–Crippen MR) is 85.6 cm³/mol. The first-order chi connectivity index (χ1) is 10.1. The maximum atomic E-state index is 12.1. The van der Waals surface area contributed by atoms with Crippen molar-refractivity contribution in [3.8, 4) is 0 Å². The molecule has 0 bridgehead atoms. The molecule has 3 heteroatoms. The summed E-state index contributed by atoms with van der Waals surface area (Å²) in [7, 11) is 1.78. The van der Waals surface area contributed by atoms with Crippen LogP contribution in [0, 0.1) is 5.92 Å². The summed E-state index contributed by atoms with van der Waals surface area (Å²) in [5, 5.41) is 11.5. The molecule has 3 rings (SSSR count). The summed E-state index contributed by atoms with van der Waals surface area (Å²) in [5.41, 5.74) is 1.40. The molecule has 0 amide bonds. The van der Waals surface area contributed by atoms with Gasteiger partial charge in [-0.1, -0.05) is 12.1 Å². The van der Waals surface area contributed by atoms with Crippen LogP contribution in [0.15, 0.2) is 35.3 Å². The topological polar surface area (TPSA) is 42.2 Å². The molecule has 1 N–H and O–H groups in total. The average molecular weight is 285 g/mol. The zero-order chi connectivity index (χ0) is 15.0. The maximum absolute atomic E-state index is 12.1. The molecule has 1 fully saturated rings. The molecule has 1 heterocycles. The van der Waals surface area contributed by atoms with Gasteiger partial charge in [-0.3, -0.25) is 4.79 Å². The van der Waals surface area contributed by atoms with Crippen molar-refractivity contribution in [2.75, 3.05) is 0 Å². The van der Waals surface area contributed by atoms with Gasteiger partial charge in [-0.25, -0.2) is 0 Å². The molecule has 1 aromatic carbocycles. The normalized spacial score (nSPS) is 24.1. The van der Waals surface area contributed by atoms with E-state index in [-0.39, 0.29) is 11.7 Å². The van der Waals surface area contributed by atoms with Gasteiger partial charge in [0.05, 0.1) is 6.10 Å². The third-order valence-electron chi connectivity index (χ3n) is 5.03. The molecule has 0 radical (unpaired) electrons. The Morgan fingerprint density at radius 1 is 1.19 bits per heavy atom. The van der Waals surface area contributed by atoms with Crippen LogP contribution in [0.4, 0.5) is 0 Å². The molecule has 1 aliphatic carbocycles. The van der Waals surface area contributed by atoms with Gasteiger partial charge < -0.3 is 9.67 Å². The summed E-state index contributed by atoms with van der Waals surface area (Å²) < 4.78 is 1.62. The van der Waals surface area contributed by atoms with Gasteiger partial charge in [0.1, 0.15) is 0 Å². The summed E-state index contributed by atoms with van der Waals surface area (Å²) in [5.74, 6) is 1.02. The molecule has 21 heavy (non-hydrogen) atoms. The predicted octanol–water partition coefficient (Wildman–Crippen LogP) is 3.19. The molecule has 112 valence electrons. The lowest BCUT2D eigenvalue weighted by atomic mass is 9.77. The molecule has 0 aliphatic heterocycles. The fourth-order valence-electron chi connectivity index (χ4n) is 3.55. The van der Waals surface area contributed by atoms with Gasteiger partial charge in [0.2, 0.25) is 0 Å². The largest absolute Gasteiger partial charge is 0.393 e. The van der Waals surface area contributed by atoms with Crippen molar-refractivity contribution in [2.45, 2.75) is 44.6 Å². The van der Waals surface area contributed by atoms with Crippen molar-refractivity contribution in [3.63, 3.8) is 0 Å². The zero-order valence-electron chi connectivity index (χ0n) is 12.7. The number of aromatic nitrogens is 1. The number of fused-ring (bicyclic) bond motifs is 1. The average Bonchev–Trinajstić information content (AvgIpc) is 2.51. The second kappa shape index (κ2) is 5.64. The Morgan fingerprint density at radius 2 is 1.90 bits per heavy atom. The number of hydrogen-bond acceptors (Lipinski definition) is 2. The first-order valence-electron chi connectivity index (χ1n) is 7.83. The van der Waals surface area contributed by atoms with Gasteiger partial charge in [-0.05, 0) is 67.5 Å². The molecule has 1 atom stereocenters. The van der Waals surface area contributed by atoms with Gasteiger partial charge in [0, 0.05) is 18.6 Å². The highest BCUT2D eigenvalue weighted by Crippen LogP contribution is 2.37. The van der Waals surface area contributed by atoms with E-state index in [0.717, 1.165) is 36.5 Å². The maximum Gasteiger partial charge on any atom is 0.258 e. The van der Waals surface area contributed by atoms with Crippen molar-refractivity contribution < 1.29 is 5.11 Å². The van der Waals surface area contributed by atoms with Crippen LogP contribution in [0.3, 0.4) is 0 Å².